The molecule has 0 radical (unpaired) electrons. The summed E-state index contributed by atoms with van der Waals surface area (Å²) in [6, 6.07) is 5.46. The maximum absolute atomic E-state index is 12.4. The fourth-order valence-electron chi connectivity index (χ4n) is 2.36. The average molecular weight is 368 g/mol. The minimum atomic E-state index is -3.66. The van der Waals surface area contributed by atoms with Crippen LogP contribution in [0.15, 0.2) is 41.8 Å². The molecule has 0 spiro atoms. The number of hydrogen-bond donors (Lipinski definition) is 3. The highest BCUT2D eigenvalue weighted by atomic mass is 32.2. The van der Waals surface area contributed by atoms with E-state index in [1.165, 1.54) is 30.3 Å². The van der Waals surface area contributed by atoms with Crippen LogP contribution in [0, 0.1) is 0 Å². The van der Waals surface area contributed by atoms with Gasteiger partial charge in [-0.2, -0.15) is 0 Å². The number of sulfonamides is 1. The lowest BCUT2D eigenvalue weighted by atomic mass is 9.88. The first-order chi connectivity index (χ1) is 11.7. The average Bonchev–Trinajstić information content (AvgIpc) is 2.59. The highest BCUT2D eigenvalue weighted by molar-refractivity contribution is 7.89. The van der Waals surface area contributed by atoms with Crippen molar-refractivity contribution in [1.29, 1.82) is 0 Å². The lowest BCUT2D eigenvalue weighted by Crippen LogP contribution is -2.49. The molecule has 0 aliphatic carbocycles. The summed E-state index contributed by atoms with van der Waals surface area (Å²) in [5.74, 6) is -1.42. The van der Waals surface area contributed by atoms with Crippen molar-refractivity contribution in [2.75, 3.05) is 6.54 Å². The number of carboxylic acid groups (broad SMARTS) is 1. The van der Waals surface area contributed by atoms with Crippen molar-refractivity contribution in [3.8, 4) is 0 Å². The van der Waals surface area contributed by atoms with Gasteiger partial charge in [0.05, 0.1) is 16.9 Å². The third kappa shape index (κ3) is 5.68. The molecule has 0 bridgehead atoms. The quantitative estimate of drug-likeness (QED) is 0.546. The summed E-state index contributed by atoms with van der Waals surface area (Å²) in [7, 11) is -3.66. The Kier molecular flexibility index (Phi) is 7.32. The standard InChI is InChI=1S/C17H24N2O5S/c1-4-11-18-25(23,24)14-9-7-13(8-10-14)16(22)19-17(5-2,6-3)12-15(20)21/h4,7-10,18H,1,5-6,11-12H2,2-3H3,(H,19,22)(H,20,21). The van der Waals surface area contributed by atoms with Crippen LogP contribution in [0.4, 0.5) is 0 Å². The Morgan fingerprint density at radius 2 is 1.76 bits per heavy atom. The van der Waals surface area contributed by atoms with Crippen molar-refractivity contribution in [1.82, 2.24) is 10.0 Å². The van der Waals surface area contributed by atoms with Crippen molar-refractivity contribution in [2.45, 2.75) is 43.5 Å². The molecule has 1 rings (SSSR count). The van der Waals surface area contributed by atoms with Gasteiger partial charge in [0.25, 0.3) is 5.91 Å². The van der Waals surface area contributed by atoms with Gasteiger partial charge in [0, 0.05) is 12.1 Å². The Hall–Kier alpha value is -2.19. The van der Waals surface area contributed by atoms with Gasteiger partial charge in [0.1, 0.15) is 0 Å². The molecule has 0 unspecified atom stereocenters. The van der Waals surface area contributed by atoms with Gasteiger partial charge >= 0.3 is 5.97 Å². The summed E-state index contributed by atoms with van der Waals surface area (Å²) in [5, 5.41) is 11.8. The third-order valence-electron chi connectivity index (χ3n) is 4.07. The second-order valence-electron chi connectivity index (χ2n) is 5.68. The second kappa shape index (κ2) is 8.77. The van der Waals surface area contributed by atoms with Gasteiger partial charge in [0.15, 0.2) is 0 Å². The van der Waals surface area contributed by atoms with Gasteiger partial charge in [-0.15, -0.1) is 6.58 Å². The summed E-state index contributed by atoms with van der Waals surface area (Å²) in [4.78, 5) is 23.5. The zero-order valence-corrected chi connectivity index (χ0v) is 15.2. The number of carboxylic acids is 1. The Bertz CT molecular complexity index is 722. The molecule has 0 atom stereocenters. The molecule has 1 amide bonds. The summed E-state index contributed by atoms with van der Waals surface area (Å²) in [5.41, 5.74) is -0.571. The summed E-state index contributed by atoms with van der Waals surface area (Å²) < 4.78 is 26.3. The Morgan fingerprint density at radius 1 is 1.20 bits per heavy atom. The monoisotopic (exact) mass is 368 g/mol. The van der Waals surface area contributed by atoms with Crippen LogP contribution in [0.5, 0.6) is 0 Å². The molecule has 0 heterocycles. The van der Waals surface area contributed by atoms with Crippen LogP contribution in [-0.4, -0.2) is 37.5 Å². The second-order valence-corrected chi connectivity index (χ2v) is 7.44. The maximum atomic E-state index is 12.4. The van der Waals surface area contributed by atoms with Crippen LogP contribution in [0.3, 0.4) is 0 Å². The molecule has 0 aromatic heterocycles. The van der Waals surface area contributed by atoms with E-state index in [4.69, 9.17) is 5.11 Å². The first-order valence-electron chi connectivity index (χ1n) is 7.94. The highest BCUT2D eigenvalue weighted by Crippen LogP contribution is 2.21. The molecule has 8 heteroatoms. The van der Waals surface area contributed by atoms with E-state index < -0.39 is 27.4 Å². The lowest BCUT2D eigenvalue weighted by molar-refractivity contribution is -0.138. The van der Waals surface area contributed by atoms with E-state index in [-0.39, 0.29) is 23.4 Å². The first kappa shape index (κ1) is 20.9. The van der Waals surface area contributed by atoms with E-state index in [9.17, 15) is 18.0 Å². The minimum Gasteiger partial charge on any atom is -0.481 e. The minimum absolute atomic E-state index is 0.0358. The van der Waals surface area contributed by atoms with Crippen LogP contribution in [0.2, 0.25) is 0 Å². The zero-order valence-electron chi connectivity index (χ0n) is 14.4. The highest BCUT2D eigenvalue weighted by Gasteiger charge is 2.31. The van der Waals surface area contributed by atoms with Gasteiger partial charge in [0.2, 0.25) is 10.0 Å². The van der Waals surface area contributed by atoms with E-state index in [0.717, 1.165) is 0 Å². The smallest absolute Gasteiger partial charge is 0.305 e. The fraction of sp³-hybridized carbons (Fsp3) is 0.412. The first-order valence-corrected chi connectivity index (χ1v) is 9.43. The van der Waals surface area contributed by atoms with E-state index in [1.807, 2.05) is 13.8 Å². The number of nitrogens with one attached hydrogen (secondary N) is 2. The molecule has 3 N–H and O–H groups in total. The van der Waals surface area contributed by atoms with E-state index in [0.29, 0.717) is 12.8 Å². The van der Waals surface area contributed by atoms with Crippen molar-refractivity contribution in [3.63, 3.8) is 0 Å². The van der Waals surface area contributed by atoms with Gasteiger partial charge in [-0.05, 0) is 37.1 Å². The molecule has 0 aliphatic heterocycles. The topological polar surface area (TPSA) is 113 Å². The number of carbonyl (C=O) groups is 2. The number of rotatable bonds is 10. The van der Waals surface area contributed by atoms with Crippen LogP contribution in [0.1, 0.15) is 43.5 Å². The molecule has 0 aliphatic rings. The Balaban J connectivity index is 2.96. The number of hydrogen-bond acceptors (Lipinski definition) is 4. The van der Waals surface area contributed by atoms with Crippen molar-refractivity contribution in [3.05, 3.63) is 42.5 Å². The van der Waals surface area contributed by atoms with Crippen LogP contribution in [0.25, 0.3) is 0 Å². The summed E-state index contributed by atoms with van der Waals surface area (Å²) >= 11 is 0. The molecule has 7 nitrogen and oxygen atoms in total. The predicted molar refractivity (Wildman–Crippen MR) is 94.9 cm³/mol. The Morgan fingerprint density at radius 3 is 2.20 bits per heavy atom. The summed E-state index contributed by atoms with van der Waals surface area (Å²) in [6.07, 6.45) is 2.19. The van der Waals surface area contributed by atoms with Gasteiger partial charge in [-0.1, -0.05) is 19.9 Å². The maximum Gasteiger partial charge on any atom is 0.305 e. The van der Waals surface area contributed by atoms with Crippen molar-refractivity contribution < 1.29 is 23.1 Å². The molecule has 0 fully saturated rings. The van der Waals surface area contributed by atoms with Gasteiger partial charge in [-0.25, -0.2) is 13.1 Å². The van der Waals surface area contributed by atoms with Crippen LogP contribution in [-0.2, 0) is 14.8 Å². The molecule has 1 aromatic carbocycles. The van der Waals surface area contributed by atoms with Gasteiger partial charge in [-0.3, -0.25) is 9.59 Å². The van der Waals surface area contributed by atoms with E-state index in [1.54, 1.807) is 0 Å². The molecule has 0 saturated carbocycles. The molecular weight excluding hydrogens is 344 g/mol. The van der Waals surface area contributed by atoms with Gasteiger partial charge < -0.3 is 10.4 Å². The van der Waals surface area contributed by atoms with Crippen LogP contribution < -0.4 is 10.0 Å². The zero-order chi connectivity index (χ0) is 19.1. The Labute approximate surface area is 148 Å². The number of benzene rings is 1. The van der Waals surface area contributed by atoms with Crippen molar-refractivity contribution >= 4 is 21.9 Å². The number of amides is 1. The fourth-order valence-corrected chi connectivity index (χ4v) is 3.36. The van der Waals surface area contributed by atoms with Crippen LogP contribution >= 0.6 is 0 Å². The molecule has 0 saturated heterocycles. The number of aliphatic carboxylic acids is 1. The molecule has 138 valence electrons. The lowest BCUT2D eigenvalue weighted by Gasteiger charge is -2.31. The molecule has 1 aromatic rings. The third-order valence-corrected chi connectivity index (χ3v) is 5.51. The molecular formula is C17H24N2O5S. The van der Waals surface area contributed by atoms with E-state index in [2.05, 4.69) is 16.6 Å². The summed E-state index contributed by atoms with van der Waals surface area (Å²) in [6.45, 7) is 7.18. The SMILES string of the molecule is C=CCNS(=O)(=O)c1ccc(C(=O)NC(CC)(CC)CC(=O)O)cc1. The van der Waals surface area contributed by atoms with Crippen molar-refractivity contribution in [2.24, 2.45) is 0 Å². The molecule has 25 heavy (non-hydrogen) atoms. The largest absolute Gasteiger partial charge is 0.481 e. The number of carbonyl (C=O) groups excluding carboxylic acids is 1. The predicted octanol–water partition coefficient (Wildman–Crippen LogP) is 1.91. The normalized spacial score (nSPS) is 11.8. The van der Waals surface area contributed by atoms with E-state index >= 15 is 0 Å².